The number of likely N-dealkylation sites (tertiary alicyclic amines) is 1. The Hall–Kier alpha value is -3.10. The third kappa shape index (κ3) is 4.24. The summed E-state index contributed by atoms with van der Waals surface area (Å²) in [5.74, 6) is 0. The molecule has 0 unspecified atom stereocenters. The number of azide groups is 1. The van der Waals surface area contributed by atoms with Gasteiger partial charge >= 0.3 is 6.09 Å². The second-order valence-electron chi connectivity index (χ2n) is 7.20. The second kappa shape index (κ2) is 9.15. The van der Waals surface area contributed by atoms with Crippen LogP contribution in [0.4, 0.5) is 4.79 Å². The normalized spacial score (nSPS) is 28.2. The van der Waals surface area contributed by atoms with Crippen LogP contribution in [0.25, 0.3) is 10.4 Å². The van der Waals surface area contributed by atoms with E-state index in [0.717, 1.165) is 11.1 Å². The van der Waals surface area contributed by atoms with Gasteiger partial charge in [-0.3, -0.25) is 4.90 Å². The first-order chi connectivity index (χ1) is 14.7. The van der Waals surface area contributed by atoms with E-state index in [9.17, 15) is 9.90 Å². The SMILES string of the molecule is [N-]=[N+]=N[C@H]1CN(C(=O)OCc2ccccc2)[C@@H]2CO[C@@H](c3ccccc3)O[C@H]2[C@@H]1O. The van der Waals surface area contributed by atoms with E-state index in [1.165, 1.54) is 4.90 Å². The Morgan fingerprint density at radius 1 is 1.20 bits per heavy atom. The van der Waals surface area contributed by atoms with E-state index in [0.29, 0.717) is 0 Å². The van der Waals surface area contributed by atoms with Crippen LogP contribution in [-0.4, -0.2) is 53.5 Å². The lowest BCUT2D eigenvalue weighted by molar-refractivity contribution is -0.273. The molecule has 1 N–H and O–H groups in total. The molecule has 0 spiro atoms. The van der Waals surface area contributed by atoms with Crippen molar-refractivity contribution in [1.82, 2.24) is 4.90 Å². The minimum atomic E-state index is -1.07. The summed E-state index contributed by atoms with van der Waals surface area (Å²) < 4.78 is 17.3. The molecule has 0 aromatic heterocycles. The summed E-state index contributed by atoms with van der Waals surface area (Å²) in [6.07, 6.45) is -3.12. The second-order valence-corrected chi connectivity index (χ2v) is 7.20. The number of fused-ring (bicyclic) bond motifs is 1. The molecule has 2 aliphatic heterocycles. The number of amides is 1. The molecule has 2 aromatic rings. The van der Waals surface area contributed by atoms with E-state index in [2.05, 4.69) is 10.0 Å². The molecule has 30 heavy (non-hydrogen) atoms. The predicted molar refractivity (Wildman–Crippen MR) is 106 cm³/mol. The minimum Gasteiger partial charge on any atom is -0.445 e. The Kier molecular flexibility index (Phi) is 6.15. The fourth-order valence-corrected chi connectivity index (χ4v) is 3.76. The minimum absolute atomic E-state index is 0.0166. The van der Waals surface area contributed by atoms with E-state index < -0.39 is 36.7 Å². The molecule has 5 atom stereocenters. The van der Waals surface area contributed by atoms with Crippen LogP contribution in [-0.2, 0) is 20.8 Å². The number of benzene rings is 2. The smallest absolute Gasteiger partial charge is 0.410 e. The molecule has 1 amide bonds. The van der Waals surface area contributed by atoms with E-state index in [1.807, 2.05) is 60.7 Å². The van der Waals surface area contributed by atoms with Crippen LogP contribution in [0.1, 0.15) is 17.4 Å². The number of carbonyl (C=O) groups excluding carboxylic acids is 1. The van der Waals surface area contributed by atoms with E-state index in [-0.39, 0.29) is 19.8 Å². The van der Waals surface area contributed by atoms with Gasteiger partial charge in [-0.05, 0) is 11.1 Å². The number of rotatable bonds is 4. The van der Waals surface area contributed by atoms with Gasteiger partial charge in [0.15, 0.2) is 6.29 Å². The molecule has 0 radical (unpaired) electrons. The number of hydrogen-bond donors (Lipinski definition) is 1. The maximum atomic E-state index is 12.8. The Balaban J connectivity index is 1.51. The average molecular weight is 410 g/mol. The summed E-state index contributed by atoms with van der Waals surface area (Å²) in [6, 6.07) is 17.2. The van der Waals surface area contributed by atoms with Gasteiger partial charge in [0.1, 0.15) is 12.7 Å². The zero-order valence-corrected chi connectivity index (χ0v) is 16.2. The van der Waals surface area contributed by atoms with Crippen molar-refractivity contribution in [3.8, 4) is 0 Å². The summed E-state index contributed by atoms with van der Waals surface area (Å²) in [4.78, 5) is 17.0. The maximum absolute atomic E-state index is 12.8. The Bertz CT molecular complexity index is 906. The topological polar surface area (TPSA) is 117 Å². The highest BCUT2D eigenvalue weighted by Crippen LogP contribution is 2.34. The van der Waals surface area contributed by atoms with E-state index in [4.69, 9.17) is 19.7 Å². The molecule has 2 aliphatic rings. The van der Waals surface area contributed by atoms with Gasteiger partial charge in [0, 0.05) is 17.0 Å². The quantitative estimate of drug-likeness (QED) is 0.472. The Labute approximate surface area is 173 Å². The van der Waals surface area contributed by atoms with Gasteiger partial charge in [-0.2, -0.15) is 0 Å². The van der Waals surface area contributed by atoms with Gasteiger partial charge < -0.3 is 19.3 Å². The lowest BCUT2D eigenvalue weighted by Gasteiger charge is -2.48. The number of nitrogens with zero attached hydrogens (tertiary/aromatic N) is 4. The number of aliphatic hydroxyl groups is 1. The number of hydrogen-bond acceptors (Lipinski definition) is 6. The molecule has 9 nitrogen and oxygen atoms in total. The van der Waals surface area contributed by atoms with Crippen LogP contribution < -0.4 is 0 Å². The van der Waals surface area contributed by atoms with Crippen molar-refractivity contribution in [1.29, 1.82) is 0 Å². The first kappa shape index (κ1) is 20.2. The molecular formula is C21H22N4O5. The molecule has 0 saturated carbocycles. The molecule has 2 aromatic carbocycles. The fourth-order valence-electron chi connectivity index (χ4n) is 3.76. The molecule has 4 rings (SSSR count). The van der Waals surface area contributed by atoms with Gasteiger partial charge in [-0.25, -0.2) is 4.79 Å². The third-order valence-electron chi connectivity index (χ3n) is 5.30. The van der Waals surface area contributed by atoms with Gasteiger partial charge in [0.2, 0.25) is 0 Å². The van der Waals surface area contributed by atoms with Crippen molar-refractivity contribution in [2.75, 3.05) is 13.2 Å². The van der Waals surface area contributed by atoms with E-state index >= 15 is 0 Å². The fraction of sp³-hybridized carbons (Fsp3) is 0.381. The number of carbonyl (C=O) groups is 1. The van der Waals surface area contributed by atoms with Crippen LogP contribution >= 0.6 is 0 Å². The maximum Gasteiger partial charge on any atom is 0.410 e. The van der Waals surface area contributed by atoms with Crippen molar-refractivity contribution in [3.05, 3.63) is 82.2 Å². The lowest BCUT2D eigenvalue weighted by atomic mass is 9.92. The Morgan fingerprint density at radius 3 is 2.60 bits per heavy atom. The number of ether oxygens (including phenoxy) is 3. The molecule has 0 bridgehead atoms. The van der Waals surface area contributed by atoms with Gasteiger partial charge in [-0.1, -0.05) is 65.8 Å². The average Bonchev–Trinajstić information content (AvgIpc) is 2.80. The molecule has 2 fully saturated rings. The highest BCUT2D eigenvalue weighted by molar-refractivity contribution is 5.68. The zero-order chi connectivity index (χ0) is 20.9. The molecular weight excluding hydrogens is 388 g/mol. The largest absolute Gasteiger partial charge is 0.445 e. The highest BCUT2D eigenvalue weighted by atomic mass is 16.7. The summed E-state index contributed by atoms with van der Waals surface area (Å²) in [7, 11) is 0. The van der Waals surface area contributed by atoms with Gasteiger partial charge in [-0.15, -0.1) is 0 Å². The third-order valence-corrected chi connectivity index (χ3v) is 5.30. The summed E-state index contributed by atoms with van der Waals surface area (Å²) in [5.41, 5.74) is 10.5. The monoisotopic (exact) mass is 410 g/mol. The number of aliphatic hydroxyl groups excluding tert-OH is 1. The number of piperidine rings is 1. The standard InChI is InChI=1S/C21H22N4O5/c22-24-23-16-11-25(21(27)29-12-14-7-3-1-4-8-14)17-13-28-20(30-19(17)18(16)26)15-9-5-2-6-10-15/h1-10,16-20,26H,11-13H2/t16-,17+,18+,19+,20+/m0/s1. The van der Waals surface area contributed by atoms with Gasteiger partial charge in [0.25, 0.3) is 0 Å². The molecule has 2 heterocycles. The first-order valence-corrected chi connectivity index (χ1v) is 9.69. The van der Waals surface area contributed by atoms with Crippen LogP contribution in [0.2, 0.25) is 0 Å². The predicted octanol–water partition coefficient (Wildman–Crippen LogP) is 3.16. The molecule has 0 aliphatic carbocycles. The molecule has 2 saturated heterocycles. The molecule has 9 heteroatoms. The van der Waals surface area contributed by atoms with Crippen molar-refractivity contribution >= 4 is 6.09 Å². The lowest BCUT2D eigenvalue weighted by Crippen LogP contribution is -2.66. The van der Waals surface area contributed by atoms with Crippen LogP contribution in [0.15, 0.2) is 65.8 Å². The first-order valence-electron chi connectivity index (χ1n) is 9.69. The van der Waals surface area contributed by atoms with Crippen molar-refractivity contribution in [3.63, 3.8) is 0 Å². The van der Waals surface area contributed by atoms with Crippen LogP contribution in [0, 0.1) is 0 Å². The highest BCUT2D eigenvalue weighted by Gasteiger charge is 2.49. The summed E-state index contributed by atoms with van der Waals surface area (Å²) >= 11 is 0. The summed E-state index contributed by atoms with van der Waals surface area (Å²) in [6.45, 7) is 0.282. The van der Waals surface area contributed by atoms with Crippen molar-refractivity contribution in [2.45, 2.75) is 37.2 Å². The summed E-state index contributed by atoms with van der Waals surface area (Å²) in [5, 5.41) is 14.4. The van der Waals surface area contributed by atoms with Crippen molar-refractivity contribution in [2.24, 2.45) is 5.11 Å². The Morgan fingerprint density at radius 2 is 1.90 bits per heavy atom. The molecule has 156 valence electrons. The zero-order valence-electron chi connectivity index (χ0n) is 16.2. The van der Waals surface area contributed by atoms with Crippen molar-refractivity contribution < 1.29 is 24.1 Å². The van der Waals surface area contributed by atoms with Gasteiger partial charge in [0.05, 0.1) is 24.8 Å². The van der Waals surface area contributed by atoms with Crippen LogP contribution in [0.3, 0.4) is 0 Å². The van der Waals surface area contributed by atoms with E-state index in [1.54, 1.807) is 0 Å². The van der Waals surface area contributed by atoms with Crippen LogP contribution in [0.5, 0.6) is 0 Å².